The highest BCUT2D eigenvalue weighted by Crippen LogP contribution is 2.16. The molecule has 0 saturated heterocycles. The van der Waals surface area contributed by atoms with E-state index in [2.05, 4.69) is 40.6 Å². The molecule has 96 valence electrons. The first-order valence-corrected chi connectivity index (χ1v) is 6.37. The van der Waals surface area contributed by atoms with Crippen molar-refractivity contribution in [3.63, 3.8) is 0 Å². The number of hydrogen-bond acceptors (Lipinski definition) is 2. The molecule has 0 radical (unpaired) electrons. The number of thiocarbonyl (C=S) groups is 1. The number of hydrogen-bond donors (Lipinski definition) is 2. The van der Waals surface area contributed by atoms with Gasteiger partial charge in [-0.1, -0.05) is 48.5 Å². The van der Waals surface area contributed by atoms with Gasteiger partial charge in [-0.15, -0.1) is 6.58 Å². The van der Waals surface area contributed by atoms with Crippen molar-refractivity contribution in [2.45, 2.75) is 0 Å². The Bertz CT molecular complexity index is 614. The van der Waals surface area contributed by atoms with Crippen molar-refractivity contribution in [2.75, 3.05) is 6.54 Å². The average Bonchev–Trinajstić information content (AvgIpc) is 2.45. The first kappa shape index (κ1) is 13.2. The number of hydrazone groups is 1. The molecule has 0 spiro atoms. The lowest BCUT2D eigenvalue weighted by Gasteiger charge is -2.04. The third kappa shape index (κ3) is 3.63. The summed E-state index contributed by atoms with van der Waals surface area (Å²) in [5.74, 6) is 0. The quantitative estimate of drug-likeness (QED) is 0.388. The summed E-state index contributed by atoms with van der Waals surface area (Å²) in [6, 6.07) is 14.3. The molecular weight excluding hydrogens is 254 g/mol. The molecule has 0 saturated carbocycles. The van der Waals surface area contributed by atoms with E-state index in [0.29, 0.717) is 11.7 Å². The zero-order chi connectivity index (χ0) is 13.5. The molecule has 0 bridgehead atoms. The highest BCUT2D eigenvalue weighted by atomic mass is 32.1. The van der Waals surface area contributed by atoms with Crippen molar-refractivity contribution >= 4 is 34.3 Å². The average molecular weight is 269 g/mol. The van der Waals surface area contributed by atoms with Crippen LogP contribution in [0, 0.1) is 0 Å². The summed E-state index contributed by atoms with van der Waals surface area (Å²) < 4.78 is 0. The molecule has 0 unspecified atom stereocenters. The van der Waals surface area contributed by atoms with Crippen molar-refractivity contribution in [1.29, 1.82) is 0 Å². The topological polar surface area (TPSA) is 36.4 Å². The van der Waals surface area contributed by atoms with E-state index < -0.39 is 0 Å². The van der Waals surface area contributed by atoms with Crippen LogP contribution in [0.4, 0.5) is 0 Å². The van der Waals surface area contributed by atoms with E-state index in [1.807, 2.05) is 24.3 Å². The van der Waals surface area contributed by atoms with Gasteiger partial charge in [-0.2, -0.15) is 5.10 Å². The van der Waals surface area contributed by atoms with Gasteiger partial charge in [0, 0.05) is 12.1 Å². The van der Waals surface area contributed by atoms with Crippen LogP contribution in [-0.2, 0) is 0 Å². The first-order valence-electron chi connectivity index (χ1n) is 5.97. The predicted octanol–water partition coefficient (Wildman–Crippen LogP) is 2.82. The van der Waals surface area contributed by atoms with Crippen molar-refractivity contribution in [3.05, 3.63) is 60.7 Å². The Morgan fingerprint density at radius 3 is 2.84 bits per heavy atom. The summed E-state index contributed by atoms with van der Waals surface area (Å²) in [5.41, 5.74) is 3.83. The van der Waals surface area contributed by atoms with Gasteiger partial charge in [0.05, 0.1) is 6.21 Å². The summed E-state index contributed by atoms with van der Waals surface area (Å²) in [6.07, 6.45) is 3.51. The lowest BCUT2D eigenvalue weighted by Crippen LogP contribution is -2.31. The molecule has 0 fully saturated rings. The van der Waals surface area contributed by atoms with Crippen LogP contribution in [0.2, 0.25) is 0 Å². The van der Waals surface area contributed by atoms with E-state index in [-0.39, 0.29) is 0 Å². The molecule has 0 aliphatic rings. The SMILES string of the molecule is C=CCNC(=S)N/N=C/c1cccc2ccccc12. The van der Waals surface area contributed by atoms with Crippen LogP contribution in [0.15, 0.2) is 60.2 Å². The highest BCUT2D eigenvalue weighted by Gasteiger charge is 1.96. The van der Waals surface area contributed by atoms with Gasteiger partial charge >= 0.3 is 0 Å². The molecule has 0 aliphatic heterocycles. The van der Waals surface area contributed by atoms with Gasteiger partial charge < -0.3 is 5.32 Å². The number of nitrogens with zero attached hydrogens (tertiary/aromatic N) is 1. The molecule has 3 nitrogen and oxygen atoms in total. The minimum atomic E-state index is 0.483. The molecule has 2 rings (SSSR count). The Morgan fingerprint density at radius 2 is 2.00 bits per heavy atom. The Kier molecular flexibility index (Phi) is 4.64. The van der Waals surface area contributed by atoms with Crippen molar-refractivity contribution in [1.82, 2.24) is 10.7 Å². The highest BCUT2D eigenvalue weighted by molar-refractivity contribution is 7.80. The van der Waals surface area contributed by atoms with Crippen LogP contribution in [-0.4, -0.2) is 17.9 Å². The summed E-state index contributed by atoms with van der Waals surface area (Å²) in [5, 5.41) is 9.92. The third-order valence-electron chi connectivity index (χ3n) is 2.60. The zero-order valence-electron chi connectivity index (χ0n) is 10.5. The van der Waals surface area contributed by atoms with Gasteiger partial charge in [-0.05, 0) is 23.0 Å². The van der Waals surface area contributed by atoms with Crippen molar-refractivity contribution < 1.29 is 0 Å². The zero-order valence-corrected chi connectivity index (χ0v) is 11.3. The number of nitrogens with one attached hydrogen (secondary N) is 2. The van der Waals surface area contributed by atoms with Crippen LogP contribution in [0.5, 0.6) is 0 Å². The molecule has 0 heterocycles. The molecule has 2 N–H and O–H groups in total. The van der Waals surface area contributed by atoms with Crippen LogP contribution in [0.1, 0.15) is 5.56 Å². The van der Waals surface area contributed by atoms with Gasteiger partial charge in [0.15, 0.2) is 5.11 Å². The molecule has 0 amide bonds. The molecule has 2 aromatic carbocycles. The third-order valence-corrected chi connectivity index (χ3v) is 2.84. The summed E-state index contributed by atoms with van der Waals surface area (Å²) >= 11 is 5.05. The largest absolute Gasteiger partial charge is 0.358 e. The smallest absolute Gasteiger partial charge is 0.187 e. The van der Waals surface area contributed by atoms with Gasteiger partial charge in [0.2, 0.25) is 0 Å². The van der Waals surface area contributed by atoms with E-state index in [9.17, 15) is 0 Å². The second kappa shape index (κ2) is 6.66. The Labute approximate surface area is 118 Å². The molecule has 4 heteroatoms. The molecule has 0 atom stereocenters. The number of fused-ring (bicyclic) bond motifs is 1. The van der Waals surface area contributed by atoms with E-state index in [1.165, 1.54) is 10.8 Å². The Hall–Kier alpha value is -2.20. The maximum absolute atomic E-state index is 5.05. The summed E-state index contributed by atoms with van der Waals surface area (Å²) in [7, 11) is 0. The van der Waals surface area contributed by atoms with Crippen molar-refractivity contribution in [3.8, 4) is 0 Å². The van der Waals surface area contributed by atoms with Gasteiger partial charge in [-0.3, -0.25) is 5.43 Å². The number of benzene rings is 2. The maximum atomic E-state index is 5.05. The van der Waals surface area contributed by atoms with Gasteiger partial charge in [-0.25, -0.2) is 0 Å². The second-order valence-corrected chi connectivity index (χ2v) is 4.35. The van der Waals surface area contributed by atoms with E-state index in [4.69, 9.17) is 12.2 Å². The van der Waals surface area contributed by atoms with Gasteiger partial charge in [0.25, 0.3) is 0 Å². The van der Waals surface area contributed by atoms with Crippen LogP contribution < -0.4 is 10.7 Å². The Morgan fingerprint density at radius 1 is 1.21 bits per heavy atom. The maximum Gasteiger partial charge on any atom is 0.187 e. The minimum Gasteiger partial charge on any atom is -0.358 e. The van der Waals surface area contributed by atoms with E-state index in [0.717, 1.165) is 5.56 Å². The molecule has 0 aromatic heterocycles. The lowest BCUT2D eigenvalue weighted by molar-refractivity contribution is 0.942. The first-order chi connectivity index (χ1) is 9.31. The fourth-order valence-corrected chi connectivity index (χ4v) is 1.86. The summed E-state index contributed by atoms with van der Waals surface area (Å²) in [6.45, 7) is 4.23. The normalized spacial score (nSPS) is 10.5. The monoisotopic (exact) mass is 269 g/mol. The Balaban J connectivity index is 2.09. The molecule has 19 heavy (non-hydrogen) atoms. The second-order valence-electron chi connectivity index (χ2n) is 3.94. The van der Waals surface area contributed by atoms with Crippen molar-refractivity contribution in [2.24, 2.45) is 5.10 Å². The molecular formula is C15H15N3S. The lowest BCUT2D eigenvalue weighted by atomic mass is 10.1. The summed E-state index contributed by atoms with van der Waals surface area (Å²) in [4.78, 5) is 0. The molecule has 2 aromatic rings. The number of rotatable bonds is 4. The van der Waals surface area contributed by atoms with E-state index in [1.54, 1.807) is 12.3 Å². The van der Waals surface area contributed by atoms with Crippen LogP contribution in [0.3, 0.4) is 0 Å². The fourth-order valence-electron chi connectivity index (χ4n) is 1.73. The minimum absolute atomic E-state index is 0.483. The van der Waals surface area contributed by atoms with Crippen LogP contribution in [0.25, 0.3) is 10.8 Å². The van der Waals surface area contributed by atoms with Gasteiger partial charge in [0.1, 0.15) is 0 Å². The fraction of sp³-hybridized carbons (Fsp3) is 0.0667. The van der Waals surface area contributed by atoms with E-state index >= 15 is 0 Å². The predicted molar refractivity (Wildman–Crippen MR) is 85.5 cm³/mol. The molecule has 0 aliphatic carbocycles. The standard InChI is InChI=1S/C15H15N3S/c1-2-10-16-15(19)18-17-11-13-8-5-7-12-6-3-4-9-14(12)13/h2-9,11H,1,10H2,(H2,16,18,19)/b17-11+. The van der Waals surface area contributed by atoms with Crippen LogP contribution >= 0.6 is 12.2 Å².